The Bertz CT molecular complexity index is 395. The van der Waals surface area contributed by atoms with Crippen molar-refractivity contribution in [3.05, 3.63) is 24.0 Å². The number of nitrogens with two attached hydrogens (primary N) is 1. The third-order valence-corrected chi connectivity index (χ3v) is 2.77. The van der Waals surface area contributed by atoms with E-state index in [0.717, 1.165) is 12.8 Å². The fourth-order valence-corrected chi connectivity index (χ4v) is 1.89. The van der Waals surface area contributed by atoms with Gasteiger partial charge < -0.3 is 15.7 Å². The van der Waals surface area contributed by atoms with Crippen molar-refractivity contribution in [3.8, 4) is 0 Å². The predicted molar refractivity (Wildman–Crippen MR) is 59.8 cm³/mol. The number of amides is 1. The molecule has 5 nitrogen and oxygen atoms in total. The Labute approximate surface area is 93.9 Å². The van der Waals surface area contributed by atoms with Gasteiger partial charge in [0, 0.05) is 31.2 Å². The summed E-state index contributed by atoms with van der Waals surface area (Å²) >= 11 is 0. The first kappa shape index (κ1) is 10.9. The number of carbonyl (C=O) groups is 1. The highest BCUT2D eigenvalue weighted by molar-refractivity contribution is 5.98. The van der Waals surface area contributed by atoms with Gasteiger partial charge in [0.2, 0.25) is 0 Å². The smallest absolute Gasteiger partial charge is 0.257 e. The summed E-state index contributed by atoms with van der Waals surface area (Å²) < 4.78 is 0. The molecule has 1 saturated heterocycles. The van der Waals surface area contributed by atoms with Crippen molar-refractivity contribution in [1.29, 1.82) is 0 Å². The lowest BCUT2D eigenvalue weighted by Crippen LogP contribution is -2.42. The maximum Gasteiger partial charge on any atom is 0.257 e. The summed E-state index contributed by atoms with van der Waals surface area (Å²) in [7, 11) is 0. The highest BCUT2D eigenvalue weighted by Gasteiger charge is 2.24. The molecule has 5 heteroatoms. The first-order valence-corrected chi connectivity index (χ1v) is 5.35. The largest absolute Gasteiger partial charge is 0.398 e. The van der Waals surface area contributed by atoms with Crippen LogP contribution in [0.3, 0.4) is 0 Å². The zero-order valence-electron chi connectivity index (χ0n) is 8.97. The molecular weight excluding hydrogens is 206 g/mol. The van der Waals surface area contributed by atoms with E-state index in [9.17, 15) is 9.90 Å². The lowest BCUT2D eigenvalue weighted by Gasteiger charge is -2.30. The normalized spacial score (nSPS) is 20.8. The minimum atomic E-state index is -0.421. The topological polar surface area (TPSA) is 79.5 Å². The molecule has 0 aromatic carbocycles. The molecular formula is C11H15N3O2. The van der Waals surface area contributed by atoms with Gasteiger partial charge in [0.1, 0.15) is 0 Å². The average molecular weight is 221 g/mol. The monoisotopic (exact) mass is 221 g/mol. The van der Waals surface area contributed by atoms with Crippen LogP contribution in [0.2, 0.25) is 0 Å². The highest BCUT2D eigenvalue weighted by atomic mass is 16.3. The molecule has 1 aliphatic heterocycles. The summed E-state index contributed by atoms with van der Waals surface area (Å²) in [6.07, 6.45) is 4.19. The van der Waals surface area contributed by atoms with Crippen LogP contribution in [-0.2, 0) is 0 Å². The first-order chi connectivity index (χ1) is 7.68. The van der Waals surface area contributed by atoms with Gasteiger partial charge in [0.25, 0.3) is 5.91 Å². The maximum atomic E-state index is 12.1. The highest BCUT2D eigenvalue weighted by Crippen LogP contribution is 2.16. The molecule has 1 atom stereocenters. The Kier molecular flexibility index (Phi) is 3.05. The molecule has 16 heavy (non-hydrogen) atoms. The number of nitrogen functional groups attached to an aromatic ring is 1. The van der Waals surface area contributed by atoms with E-state index in [1.54, 1.807) is 17.2 Å². The first-order valence-electron chi connectivity index (χ1n) is 5.35. The Morgan fingerprint density at radius 3 is 3.12 bits per heavy atom. The van der Waals surface area contributed by atoms with Gasteiger partial charge in [-0.3, -0.25) is 9.78 Å². The molecule has 3 N–H and O–H groups in total. The molecule has 0 radical (unpaired) electrons. The van der Waals surface area contributed by atoms with Gasteiger partial charge >= 0.3 is 0 Å². The molecule has 0 spiro atoms. The van der Waals surface area contributed by atoms with Gasteiger partial charge in [-0.15, -0.1) is 0 Å². The van der Waals surface area contributed by atoms with Crippen molar-refractivity contribution in [2.75, 3.05) is 18.8 Å². The Hall–Kier alpha value is -1.62. The number of pyridine rings is 1. The molecule has 1 aromatic heterocycles. The van der Waals surface area contributed by atoms with Gasteiger partial charge in [-0.05, 0) is 18.9 Å². The summed E-state index contributed by atoms with van der Waals surface area (Å²) in [6.45, 7) is 1.05. The second kappa shape index (κ2) is 4.49. The Morgan fingerprint density at radius 1 is 1.62 bits per heavy atom. The molecule has 1 unspecified atom stereocenters. The molecule has 1 aliphatic rings. The van der Waals surface area contributed by atoms with E-state index in [2.05, 4.69) is 4.98 Å². The van der Waals surface area contributed by atoms with Crippen LogP contribution in [-0.4, -0.2) is 40.1 Å². The molecule has 1 amide bonds. The fraction of sp³-hybridized carbons (Fsp3) is 0.455. The van der Waals surface area contributed by atoms with Crippen molar-refractivity contribution in [2.24, 2.45) is 0 Å². The Balaban J connectivity index is 2.16. The number of hydrogen-bond acceptors (Lipinski definition) is 4. The SMILES string of the molecule is Nc1ccncc1C(=O)N1CCCC(O)C1. The third kappa shape index (κ3) is 2.14. The van der Waals surface area contributed by atoms with E-state index in [1.165, 1.54) is 6.20 Å². The van der Waals surface area contributed by atoms with Crippen LogP contribution in [0.15, 0.2) is 18.5 Å². The predicted octanol–water partition coefficient (Wildman–Crippen LogP) is 0.261. The molecule has 0 bridgehead atoms. The number of nitrogens with zero attached hydrogens (tertiary/aromatic N) is 2. The third-order valence-electron chi connectivity index (χ3n) is 2.77. The Morgan fingerprint density at radius 2 is 2.44 bits per heavy atom. The number of anilines is 1. The molecule has 1 aromatic rings. The standard InChI is InChI=1S/C11H15N3O2/c12-10-3-4-13-6-9(10)11(16)14-5-1-2-8(15)7-14/h3-4,6,8,15H,1-2,5,7H2,(H2,12,13). The van der Waals surface area contributed by atoms with Crippen molar-refractivity contribution in [3.63, 3.8) is 0 Å². The molecule has 0 saturated carbocycles. The zero-order chi connectivity index (χ0) is 11.5. The number of aliphatic hydroxyl groups excluding tert-OH is 1. The number of aromatic nitrogens is 1. The number of piperidine rings is 1. The van der Waals surface area contributed by atoms with E-state index in [4.69, 9.17) is 5.73 Å². The fourth-order valence-electron chi connectivity index (χ4n) is 1.89. The molecule has 2 heterocycles. The van der Waals surface area contributed by atoms with E-state index in [0.29, 0.717) is 24.3 Å². The number of rotatable bonds is 1. The molecule has 86 valence electrons. The minimum absolute atomic E-state index is 0.149. The lowest BCUT2D eigenvalue weighted by molar-refractivity contribution is 0.0474. The van der Waals surface area contributed by atoms with Crippen molar-refractivity contribution in [1.82, 2.24) is 9.88 Å². The second-order valence-electron chi connectivity index (χ2n) is 4.01. The van der Waals surface area contributed by atoms with Crippen molar-refractivity contribution in [2.45, 2.75) is 18.9 Å². The minimum Gasteiger partial charge on any atom is -0.398 e. The summed E-state index contributed by atoms with van der Waals surface area (Å²) in [5.74, 6) is -0.149. The number of β-amino-alcohol motifs (C(OH)–C–C–N with tert-alkyl or cyclic N) is 1. The molecule has 1 fully saturated rings. The van der Waals surface area contributed by atoms with E-state index in [-0.39, 0.29) is 5.91 Å². The van der Waals surface area contributed by atoms with Gasteiger partial charge in [-0.2, -0.15) is 0 Å². The van der Waals surface area contributed by atoms with Gasteiger partial charge in [0.15, 0.2) is 0 Å². The molecule has 0 aliphatic carbocycles. The zero-order valence-corrected chi connectivity index (χ0v) is 8.97. The summed E-state index contributed by atoms with van der Waals surface area (Å²) in [6, 6.07) is 1.60. The quantitative estimate of drug-likeness (QED) is 0.713. The summed E-state index contributed by atoms with van der Waals surface area (Å²) in [4.78, 5) is 17.6. The number of likely N-dealkylation sites (tertiary alicyclic amines) is 1. The lowest BCUT2D eigenvalue weighted by atomic mass is 10.1. The van der Waals surface area contributed by atoms with Gasteiger partial charge in [-0.25, -0.2) is 0 Å². The van der Waals surface area contributed by atoms with E-state index < -0.39 is 6.10 Å². The average Bonchev–Trinajstić information content (AvgIpc) is 2.29. The van der Waals surface area contributed by atoms with Crippen LogP contribution < -0.4 is 5.73 Å². The molecule has 2 rings (SSSR count). The van der Waals surface area contributed by atoms with Crippen LogP contribution in [0, 0.1) is 0 Å². The van der Waals surface area contributed by atoms with Crippen LogP contribution in [0.5, 0.6) is 0 Å². The number of carbonyl (C=O) groups excluding carboxylic acids is 1. The second-order valence-corrected chi connectivity index (χ2v) is 4.01. The van der Waals surface area contributed by atoms with Crippen LogP contribution in [0.4, 0.5) is 5.69 Å². The van der Waals surface area contributed by atoms with Gasteiger partial charge in [0.05, 0.1) is 11.7 Å². The summed E-state index contributed by atoms with van der Waals surface area (Å²) in [5.41, 5.74) is 6.56. The van der Waals surface area contributed by atoms with E-state index in [1.807, 2.05) is 0 Å². The summed E-state index contributed by atoms with van der Waals surface area (Å²) in [5, 5.41) is 9.50. The maximum absolute atomic E-state index is 12.1. The van der Waals surface area contributed by atoms with E-state index >= 15 is 0 Å². The van der Waals surface area contributed by atoms with Crippen LogP contribution in [0.1, 0.15) is 23.2 Å². The number of hydrogen-bond donors (Lipinski definition) is 2. The van der Waals surface area contributed by atoms with Crippen LogP contribution in [0.25, 0.3) is 0 Å². The van der Waals surface area contributed by atoms with Crippen molar-refractivity contribution >= 4 is 11.6 Å². The number of aliphatic hydroxyl groups is 1. The van der Waals surface area contributed by atoms with Crippen LogP contribution >= 0.6 is 0 Å². The van der Waals surface area contributed by atoms with Gasteiger partial charge in [-0.1, -0.05) is 0 Å². The van der Waals surface area contributed by atoms with Crippen molar-refractivity contribution < 1.29 is 9.90 Å².